The van der Waals surface area contributed by atoms with Gasteiger partial charge >= 0.3 is 0 Å². The number of benzene rings is 1. The predicted octanol–water partition coefficient (Wildman–Crippen LogP) is 1.30. The van der Waals surface area contributed by atoms with Crippen LogP contribution in [0.1, 0.15) is 12.0 Å². The maximum Gasteiger partial charge on any atom is 0.221 e. The van der Waals surface area contributed by atoms with Crippen LogP contribution in [0.2, 0.25) is 0 Å². The maximum atomic E-state index is 13.6. The average Bonchev–Trinajstić information content (AvgIpc) is 2.42. The van der Waals surface area contributed by atoms with Gasteiger partial charge in [-0.05, 0) is 6.07 Å². The number of rotatable bonds is 2. The van der Waals surface area contributed by atoms with Crippen LogP contribution in [0.4, 0.5) is 8.78 Å². The highest BCUT2D eigenvalue weighted by atomic mass is 19.1. The minimum absolute atomic E-state index is 0.0416. The van der Waals surface area contributed by atoms with Crippen LogP contribution in [0.25, 0.3) is 0 Å². The Labute approximate surface area is 116 Å². The second kappa shape index (κ2) is 7.31. The molecule has 0 spiro atoms. The van der Waals surface area contributed by atoms with Crippen LogP contribution in [-0.2, 0) is 16.1 Å². The van der Waals surface area contributed by atoms with Crippen molar-refractivity contribution in [1.29, 1.82) is 0 Å². The van der Waals surface area contributed by atoms with Gasteiger partial charge in [0.2, 0.25) is 5.91 Å². The molecule has 110 valence electrons. The lowest BCUT2D eigenvalue weighted by Gasteiger charge is -2.23. The summed E-state index contributed by atoms with van der Waals surface area (Å²) in [5.41, 5.74) is 0.420. The molecule has 0 unspecified atom stereocenters. The normalized spacial score (nSPS) is 18.6. The van der Waals surface area contributed by atoms with E-state index in [1.807, 2.05) is 4.90 Å². The number of hydrogen-bond acceptors (Lipinski definition) is 3. The van der Waals surface area contributed by atoms with Gasteiger partial charge in [0.1, 0.15) is 11.6 Å². The fourth-order valence-electron chi connectivity index (χ4n) is 2.07. The quantitative estimate of drug-likeness (QED) is 0.890. The molecule has 1 aliphatic heterocycles. The summed E-state index contributed by atoms with van der Waals surface area (Å²) in [5.74, 6) is -1.19. The van der Waals surface area contributed by atoms with Crippen LogP contribution in [0.15, 0.2) is 18.2 Å². The van der Waals surface area contributed by atoms with Gasteiger partial charge in [-0.1, -0.05) is 6.07 Å². The zero-order valence-electron chi connectivity index (χ0n) is 11.2. The molecule has 0 aromatic heterocycles. The van der Waals surface area contributed by atoms with Crippen molar-refractivity contribution in [3.63, 3.8) is 0 Å². The van der Waals surface area contributed by atoms with Crippen LogP contribution in [0, 0.1) is 11.6 Å². The molecule has 2 rings (SSSR count). The number of carbonyl (C=O) groups is 1. The van der Waals surface area contributed by atoms with Gasteiger partial charge in [-0.2, -0.15) is 0 Å². The van der Waals surface area contributed by atoms with Crippen molar-refractivity contribution in [1.82, 2.24) is 10.2 Å². The molecule has 1 amide bonds. The molecular weight excluding hydrogens is 266 g/mol. The SMILES string of the molecule is O=C1CCN(Cc2ccc(F)cc2F)CCOCCN1. The Kier molecular flexibility index (Phi) is 5.43. The number of carbonyl (C=O) groups excluding carboxylic acids is 1. The minimum Gasteiger partial charge on any atom is -0.378 e. The summed E-state index contributed by atoms with van der Waals surface area (Å²) in [6.07, 6.45) is 0.364. The lowest BCUT2D eigenvalue weighted by atomic mass is 10.2. The van der Waals surface area contributed by atoms with Crippen LogP contribution in [-0.4, -0.2) is 43.7 Å². The van der Waals surface area contributed by atoms with Crippen molar-refractivity contribution in [3.05, 3.63) is 35.4 Å². The van der Waals surface area contributed by atoms with Crippen LogP contribution in [0.5, 0.6) is 0 Å². The zero-order valence-corrected chi connectivity index (χ0v) is 11.2. The Bertz CT molecular complexity index is 468. The van der Waals surface area contributed by atoms with E-state index in [0.29, 0.717) is 51.4 Å². The fraction of sp³-hybridized carbons (Fsp3) is 0.500. The molecule has 0 saturated carbocycles. The monoisotopic (exact) mass is 284 g/mol. The van der Waals surface area contributed by atoms with Crippen molar-refractivity contribution in [3.8, 4) is 0 Å². The molecule has 0 bridgehead atoms. The van der Waals surface area contributed by atoms with E-state index in [4.69, 9.17) is 4.74 Å². The second-order valence-corrected chi connectivity index (χ2v) is 4.72. The largest absolute Gasteiger partial charge is 0.378 e. The van der Waals surface area contributed by atoms with Crippen molar-refractivity contribution in [2.75, 3.05) is 32.8 Å². The summed E-state index contributed by atoms with van der Waals surface area (Å²) < 4.78 is 31.9. The number of ether oxygens (including phenoxy) is 1. The van der Waals surface area contributed by atoms with Gasteiger partial charge in [0.25, 0.3) is 0 Å². The molecular formula is C14H18F2N2O2. The summed E-state index contributed by atoms with van der Waals surface area (Å²) >= 11 is 0. The molecule has 0 atom stereocenters. The Balaban J connectivity index is 1.98. The lowest BCUT2D eigenvalue weighted by Crippen LogP contribution is -2.36. The molecule has 1 heterocycles. The van der Waals surface area contributed by atoms with Gasteiger partial charge in [-0.25, -0.2) is 8.78 Å². The first-order chi connectivity index (χ1) is 9.65. The van der Waals surface area contributed by atoms with Crippen LogP contribution >= 0.6 is 0 Å². The van der Waals surface area contributed by atoms with Gasteiger partial charge in [0.15, 0.2) is 0 Å². The zero-order chi connectivity index (χ0) is 14.4. The number of nitrogens with zero attached hydrogens (tertiary/aromatic N) is 1. The fourth-order valence-corrected chi connectivity index (χ4v) is 2.07. The minimum atomic E-state index is -0.588. The van der Waals surface area contributed by atoms with E-state index >= 15 is 0 Å². The third kappa shape index (κ3) is 4.54. The summed E-state index contributed by atoms with van der Waals surface area (Å²) in [4.78, 5) is 13.4. The molecule has 4 nitrogen and oxygen atoms in total. The van der Waals surface area contributed by atoms with E-state index in [1.54, 1.807) is 0 Å². The highest BCUT2D eigenvalue weighted by molar-refractivity contribution is 5.76. The van der Waals surface area contributed by atoms with Crippen molar-refractivity contribution in [2.24, 2.45) is 0 Å². The number of nitrogens with one attached hydrogen (secondary N) is 1. The van der Waals surface area contributed by atoms with Gasteiger partial charge in [-0.15, -0.1) is 0 Å². The number of halogens is 2. The Morgan fingerprint density at radius 1 is 1.25 bits per heavy atom. The van der Waals surface area contributed by atoms with E-state index in [2.05, 4.69) is 5.32 Å². The van der Waals surface area contributed by atoms with Crippen molar-refractivity contribution >= 4 is 5.91 Å². The highest BCUT2D eigenvalue weighted by Gasteiger charge is 2.13. The smallest absolute Gasteiger partial charge is 0.221 e. The van der Waals surface area contributed by atoms with E-state index in [-0.39, 0.29) is 5.91 Å². The molecule has 6 heteroatoms. The predicted molar refractivity (Wildman–Crippen MR) is 70.1 cm³/mol. The summed E-state index contributed by atoms with van der Waals surface area (Å²) in [7, 11) is 0. The molecule has 1 N–H and O–H groups in total. The molecule has 1 aromatic carbocycles. The number of amides is 1. The van der Waals surface area contributed by atoms with E-state index in [9.17, 15) is 13.6 Å². The summed E-state index contributed by atoms with van der Waals surface area (Å²) in [6.45, 7) is 2.99. The second-order valence-electron chi connectivity index (χ2n) is 4.72. The molecule has 0 radical (unpaired) electrons. The van der Waals surface area contributed by atoms with Crippen LogP contribution < -0.4 is 5.32 Å². The van der Waals surface area contributed by atoms with Gasteiger partial charge in [-0.3, -0.25) is 9.69 Å². The van der Waals surface area contributed by atoms with Crippen LogP contribution in [0.3, 0.4) is 0 Å². The standard InChI is InChI=1S/C14H18F2N2O2/c15-12-2-1-11(13(16)9-12)10-18-5-3-14(19)17-4-7-20-8-6-18/h1-2,9H,3-8,10H2,(H,17,19). The van der Waals surface area contributed by atoms with E-state index in [1.165, 1.54) is 12.1 Å². The molecule has 1 fully saturated rings. The first kappa shape index (κ1) is 14.9. The molecule has 1 saturated heterocycles. The lowest BCUT2D eigenvalue weighted by molar-refractivity contribution is -0.122. The van der Waals surface area contributed by atoms with Crippen molar-refractivity contribution < 1.29 is 18.3 Å². The molecule has 1 aromatic rings. The third-order valence-electron chi connectivity index (χ3n) is 3.18. The molecule has 20 heavy (non-hydrogen) atoms. The number of hydrogen-bond donors (Lipinski definition) is 1. The maximum absolute atomic E-state index is 13.6. The Hall–Kier alpha value is -1.53. The summed E-state index contributed by atoms with van der Waals surface area (Å²) in [5, 5.41) is 2.74. The topological polar surface area (TPSA) is 41.6 Å². The Morgan fingerprint density at radius 3 is 2.90 bits per heavy atom. The van der Waals surface area contributed by atoms with Crippen molar-refractivity contribution in [2.45, 2.75) is 13.0 Å². The average molecular weight is 284 g/mol. The highest BCUT2D eigenvalue weighted by Crippen LogP contribution is 2.12. The first-order valence-electron chi connectivity index (χ1n) is 6.66. The summed E-state index contributed by atoms with van der Waals surface area (Å²) in [6, 6.07) is 3.55. The molecule has 0 aliphatic carbocycles. The van der Waals surface area contributed by atoms with E-state index < -0.39 is 11.6 Å². The third-order valence-corrected chi connectivity index (χ3v) is 3.18. The Morgan fingerprint density at radius 2 is 2.10 bits per heavy atom. The first-order valence-corrected chi connectivity index (χ1v) is 6.66. The van der Waals surface area contributed by atoms with Gasteiger partial charge < -0.3 is 10.1 Å². The van der Waals surface area contributed by atoms with Gasteiger partial charge in [0.05, 0.1) is 13.2 Å². The van der Waals surface area contributed by atoms with Gasteiger partial charge in [0, 0.05) is 44.2 Å². The molecule has 1 aliphatic rings. The van der Waals surface area contributed by atoms with E-state index in [0.717, 1.165) is 6.07 Å².